The van der Waals surface area contributed by atoms with Gasteiger partial charge in [0.05, 0.1) is 17.7 Å². The highest BCUT2D eigenvalue weighted by atomic mass is 32.2. The number of carbonyl (C=O) groups excluding carboxylic acids is 1. The maximum absolute atomic E-state index is 13.4. The van der Waals surface area contributed by atoms with Crippen LogP contribution in [0, 0.1) is 13.8 Å². The first kappa shape index (κ1) is 23.3. The van der Waals surface area contributed by atoms with E-state index < -0.39 is 10.0 Å². The highest BCUT2D eigenvalue weighted by Crippen LogP contribution is 2.28. The summed E-state index contributed by atoms with van der Waals surface area (Å²) in [4.78, 5) is 12.9. The number of sulfonamides is 1. The van der Waals surface area contributed by atoms with Crippen LogP contribution in [-0.2, 0) is 21.2 Å². The fraction of sp³-hybridized carbons (Fsp3) is 0.240. The van der Waals surface area contributed by atoms with Gasteiger partial charge in [0, 0.05) is 6.54 Å². The molecule has 6 nitrogen and oxygen atoms in total. The van der Waals surface area contributed by atoms with Crippen LogP contribution in [0.3, 0.4) is 0 Å². The van der Waals surface area contributed by atoms with Gasteiger partial charge in [-0.15, -0.1) is 0 Å². The predicted molar refractivity (Wildman–Crippen MR) is 127 cm³/mol. The van der Waals surface area contributed by atoms with Crippen molar-refractivity contribution in [2.24, 2.45) is 0 Å². The molecule has 1 N–H and O–H groups in total. The van der Waals surface area contributed by atoms with Gasteiger partial charge < -0.3 is 10.1 Å². The Hall–Kier alpha value is -3.32. The zero-order valence-corrected chi connectivity index (χ0v) is 19.4. The Balaban J connectivity index is 1.78. The molecule has 1 amide bonds. The summed E-state index contributed by atoms with van der Waals surface area (Å²) in [6.45, 7) is 3.88. The first-order valence-corrected chi connectivity index (χ1v) is 11.8. The lowest BCUT2D eigenvalue weighted by molar-refractivity contribution is -0.119. The molecule has 0 radical (unpaired) electrons. The number of nitrogens with zero attached hydrogens (tertiary/aromatic N) is 1. The number of methoxy groups -OCH3 is 1. The number of nitrogens with one attached hydrogen (secondary N) is 1. The lowest BCUT2D eigenvalue weighted by Gasteiger charge is -2.26. The smallest absolute Gasteiger partial charge is 0.264 e. The van der Waals surface area contributed by atoms with Gasteiger partial charge in [-0.3, -0.25) is 9.10 Å². The van der Waals surface area contributed by atoms with Crippen LogP contribution in [0.25, 0.3) is 0 Å². The molecule has 0 aliphatic rings. The van der Waals surface area contributed by atoms with Crippen molar-refractivity contribution in [2.45, 2.75) is 25.2 Å². The molecule has 0 heterocycles. The van der Waals surface area contributed by atoms with E-state index in [0.29, 0.717) is 18.7 Å². The Morgan fingerprint density at radius 2 is 1.62 bits per heavy atom. The van der Waals surface area contributed by atoms with E-state index in [-0.39, 0.29) is 17.3 Å². The number of hydrogen-bond donors (Lipinski definition) is 1. The van der Waals surface area contributed by atoms with Crippen LogP contribution in [-0.4, -0.2) is 34.5 Å². The molecule has 0 aliphatic carbocycles. The summed E-state index contributed by atoms with van der Waals surface area (Å²) in [5, 5.41) is 2.84. The second-order valence-electron chi connectivity index (χ2n) is 7.49. The molecule has 168 valence electrons. The monoisotopic (exact) mass is 452 g/mol. The summed E-state index contributed by atoms with van der Waals surface area (Å²) in [5.74, 6) is 0.409. The molecule has 0 atom stereocenters. The van der Waals surface area contributed by atoms with Crippen molar-refractivity contribution >= 4 is 21.6 Å². The van der Waals surface area contributed by atoms with Gasteiger partial charge in [-0.2, -0.15) is 0 Å². The van der Waals surface area contributed by atoms with Crippen LogP contribution in [0.1, 0.15) is 16.7 Å². The van der Waals surface area contributed by atoms with E-state index in [0.717, 1.165) is 22.4 Å². The van der Waals surface area contributed by atoms with Crippen LogP contribution in [0.15, 0.2) is 77.7 Å². The summed E-state index contributed by atoms with van der Waals surface area (Å²) in [6.07, 6.45) is 0.630. The number of benzene rings is 3. The van der Waals surface area contributed by atoms with Gasteiger partial charge in [-0.05, 0) is 67.3 Å². The minimum atomic E-state index is -3.91. The molecule has 0 aromatic heterocycles. The normalized spacial score (nSPS) is 11.1. The maximum atomic E-state index is 13.4. The molecule has 32 heavy (non-hydrogen) atoms. The molecule has 3 aromatic rings. The SMILES string of the molecule is COc1ccc(CCNC(=O)CN(c2cccc(C)c2C)S(=O)(=O)c2ccccc2)cc1. The third-order valence-electron chi connectivity index (χ3n) is 5.36. The third-order valence-corrected chi connectivity index (χ3v) is 7.13. The van der Waals surface area contributed by atoms with E-state index in [9.17, 15) is 13.2 Å². The summed E-state index contributed by atoms with van der Waals surface area (Å²) in [5.41, 5.74) is 3.32. The largest absolute Gasteiger partial charge is 0.497 e. The van der Waals surface area contributed by atoms with Crippen molar-refractivity contribution in [1.29, 1.82) is 0 Å². The average Bonchev–Trinajstić information content (AvgIpc) is 2.80. The van der Waals surface area contributed by atoms with E-state index >= 15 is 0 Å². The van der Waals surface area contributed by atoms with Crippen LogP contribution in [0.4, 0.5) is 5.69 Å². The topological polar surface area (TPSA) is 75.7 Å². The van der Waals surface area contributed by atoms with Gasteiger partial charge in [0.25, 0.3) is 10.0 Å². The zero-order chi connectivity index (χ0) is 23.1. The van der Waals surface area contributed by atoms with Gasteiger partial charge in [-0.1, -0.05) is 42.5 Å². The number of hydrogen-bond acceptors (Lipinski definition) is 4. The van der Waals surface area contributed by atoms with Crippen molar-refractivity contribution in [3.05, 3.63) is 89.5 Å². The molecule has 3 aromatic carbocycles. The first-order valence-electron chi connectivity index (χ1n) is 10.4. The Labute approximate surface area is 189 Å². The lowest BCUT2D eigenvalue weighted by Crippen LogP contribution is -2.41. The van der Waals surface area contributed by atoms with Crippen LogP contribution in [0.2, 0.25) is 0 Å². The number of aryl methyl sites for hydroxylation is 1. The maximum Gasteiger partial charge on any atom is 0.264 e. The van der Waals surface area contributed by atoms with Gasteiger partial charge >= 0.3 is 0 Å². The standard InChI is InChI=1S/C25H28N2O4S/c1-19-8-7-11-24(20(19)2)27(32(29,30)23-9-5-4-6-10-23)18-25(28)26-17-16-21-12-14-22(31-3)15-13-21/h4-15H,16-18H2,1-3H3,(H,26,28). The Morgan fingerprint density at radius 1 is 0.938 bits per heavy atom. The van der Waals surface area contributed by atoms with Gasteiger partial charge in [0.15, 0.2) is 0 Å². The fourth-order valence-corrected chi connectivity index (χ4v) is 4.85. The molecule has 0 unspecified atom stereocenters. The lowest BCUT2D eigenvalue weighted by atomic mass is 10.1. The molecule has 0 fully saturated rings. The first-order chi connectivity index (χ1) is 15.3. The number of rotatable bonds is 9. The summed E-state index contributed by atoms with van der Waals surface area (Å²) in [6, 6.07) is 21.2. The molecule has 0 saturated heterocycles. The van der Waals surface area contributed by atoms with Crippen LogP contribution in [0.5, 0.6) is 5.75 Å². The van der Waals surface area contributed by atoms with Crippen molar-refractivity contribution in [2.75, 3.05) is 24.5 Å². The average molecular weight is 453 g/mol. The predicted octanol–water partition coefficient (Wildman–Crippen LogP) is 3.87. The van der Waals surface area contributed by atoms with E-state index in [4.69, 9.17) is 4.74 Å². The zero-order valence-electron chi connectivity index (χ0n) is 18.5. The number of amides is 1. The third kappa shape index (κ3) is 5.48. The van der Waals surface area contributed by atoms with Gasteiger partial charge in [0.2, 0.25) is 5.91 Å². The van der Waals surface area contributed by atoms with Gasteiger partial charge in [0.1, 0.15) is 12.3 Å². The summed E-state index contributed by atoms with van der Waals surface area (Å²) < 4.78 is 33.2. The summed E-state index contributed by atoms with van der Waals surface area (Å²) >= 11 is 0. The molecule has 0 aliphatic heterocycles. The molecule has 0 saturated carbocycles. The van der Waals surface area contributed by atoms with E-state index in [2.05, 4.69) is 5.32 Å². The highest BCUT2D eigenvalue weighted by molar-refractivity contribution is 7.92. The summed E-state index contributed by atoms with van der Waals surface area (Å²) in [7, 11) is -2.30. The number of anilines is 1. The number of carbonyl (C=O) groups is 1. The fourth-order valence-electron chi connectivity index (χ4n) is 3.35. The number of ether oxygens (including phenoxy) is 1. The van der Waals surface area contributed by atoms with Crippen LogP contribution < -0.4 is 14.4 Å². The molecular formula is C25H28N2O4S. The van der Waals surface area contributed by atoms with E-state index in [1.165, 1.54) is 16.4 Å². The Morgan fingerprint density at radius 3 is 2.28 bits per heavy atom. The molecular weight excluding hydrogens is 424 g/mol. The van der Waals surface area contributed by atoms with Crippen LogP contribution >= 0.6 is 0 Å². The Bertz CT molecular complexity index is 1160. The van der Waals surface area contributed by atoms with E-state index in [1.807, 2.05) is 44.2 Å². The highest BCUT2D eigenvalue weighted by Gasteiger charge is 2.28. The second kappa shape index (κ2) is 10.3. The van der Waals surface area contributed by atoms with Crippen molar-refractivity contribution in [3.63, 3.8) is 0 Å². The van der Waals surface area contributed by atoms with Crippen molar-refractivity contribution < 1.29 is 17.9 Å². The quantitative estimate of drug-likeness (QED) is 0.535. The Kier molecular flexibility index (Phi) is 7.53. The molecule has 0 spiro atoms. The van der Waals surface area contributed by atoms with Gasteiger partial charge in [-0.25, -0.2) is 8.42 Å². The molecule has 0 bridgehead atoms. The molecule has 7 heteroatoms. The van der Waals surface area contributed by atoms with Crippen molar-refractivity contribution in [1.82, 2.24) is 5.32 Å². The van der Waals surface area contributed by atoms with Crippen molar-refractivity contribution in [3.8, 4) is 5.75 Å². The van der Waals surface area contributed by atoms with E-state index in [1.54, 1.807) is 37.4 Å². The minimum Gasteiger partial charge on any atom is -0.497 e. The molecule has 3 rings (SSSR count). The minimum absolute atomic E-state index is 0.145. The second-order valence-corrected chi connectivity index (χ2v) is 9.35.